The number of rotatable bonds is 0. The number of hydrogen-bond acceptors (Lipinski definition) is 2. The number of nitrogens with one attached hydrogen (secondary N) is 1. The monoisotopic (exact) mass is 249 g/mol. The summed E-state index contributed by atoms with van der Waals surface area (Å²) >= 11 is -0.157. The molecule has 1 aliphatic heterocycles. The van der Waals surface area contributed by atoms with Crippen LogP contribution >= 0.6 is 11.3 Å². The summed E-state index contributed by atoms with van der Waals surface area (Å²) in [6.45, 7) is 5.22. The van der Waals surface area contributed by atoms with E-state index in [1.807, 2.05) is 11.4 Å². The summed E-state index contributed by atoms with van der Waals surface area (Å²) in [4.78, 5) is 1.31. The third-order valence-corrected chi connectivity index (χ3v) is 6.07. The molecule has 1 aromatic heterocycles. The van der Waals surface area contributed by atoms with Gasteiger partial charge in [-0.15, -0.1) is 0 Å². The van der Waals surface area contributed by atoms with E-state index in [9.17, 15) is 3.83 Å². The molecule has 2 heterocycles. The first-order valence-corrected chi connectivity index (χ1v) is 7.14. The van der Waals surface area contributed by atoms with Crippen LogP contribution in [0.2, 0.25) is 0 Å². The van der Waals surface area contributed by atoms with Gasteiger partial charge in [-0.05, 0) is 0 Å². The Morgan fingerprint density at radius 1 is 1.67 bits per heavy atom. The van der Waals surface area contributed by atoms with Crippen molar-refractivity contribution < 1.29 is 3.83 Å². The molecule has 0 saturated carbocycles. The summed E-state index contributed by atoms with van der Waals surface area (Å²) in [5.74, 6) is 0. The second kappa shape index (κ2) is 2.74. The Bertz CT molecular complexity index is 332. The molecule has 4 heteroatoms. The zero-order chi connectivity index (χ0) is 8.77. The van der Waals surface area contributed by atoms with E-state index >= 15 is 0 Å². The predicted octanol–water partition coefficient (Wildman–Crippen LogP) is 0.755. The van der Waals surface area contributed by atoms with Crippen molar-refractivity contribution in [1.82, 2.24) is 4.33 Å². The molecule has 2 rings (SSSR count). The fourth-order valence-corrected chi connectivity index (χ4v) is 5.84. The van der Waals surface area contributed by atoms with Crippen LogP contribution in [0, 0.1) is 0 Å². The maximum absolute atomic E-state index is 11.5. The first-order chi connectivity index (χ1) is 5.61. The Balaban J connectivity index is 2.57. The maximum atomic E-state index is 11.5. The van der Waals surface area contributed by atoms with Gasteiger partial charge >= 0.3 is 80.1 Å². The summed E-state index contributed by atoms with van der Waals surface area (Å²) in [5.41, 5.74) is 0.161. The van der Waals surface area contributed by atoms with Crippen LogP contribution in [-0.4, -0.2) is 20.6 Å². The molecule has 12 heavy (non-hydrogen) atoms. The molecule has 0 spiro atoms. The van der Waals surface area contributed by atoms with Crippen molar-refractivity contribution in [2.75, 3.05) is 6.54 Å². The van der Waals surface area contributed by atoms with Crippen LogP contribution in [0.15, 0.2) is 11.4 Å². The van der Waals surface area contributed by atoms with Gasteiger partial charge in [0.25, 0.3) is 0 Å². The third kappa shape index (κ3) is 1.19. The molecule has 0 aromatic carbocycles. The third-order valence-electron chi connectivity index (χ3n) is 2.09. The molecule has 0 saturated heterocycles. The molecule has 66 valence electrons. The molecule has 1 atom stereocenters. The number of thiophene rings is 1. The molecule has 1 aromatic rings. The van der Waals surface area contributed by atoms with Gasteiger partial charge in [-0.3, -0.25) is 0 Å². The van der Waals surface area contributed by atoms with Crippen LogP contribution in [0.5, 0.6) is 0 Å². The van der Waals surface area contributed by atoms with Gasteiger partial charge in [0.2, 0.25) is 0 Å². The fraction of sp³-hybridized carbons (Fsp3) is 0.500. The molecule has 0 bridgehead atoms. The minimum atomic E-state index is -1.88. The van der Waals surface area contributed by atoms with E-state index in [4.69, 9.17) is 0 Å². The van der Waals surface area contributed by atoms with Crippen molar-refractivity contribution in [2.24, 2.45) is 0 Å². The SMILES string of the molecule is CC1(C)CN[Se](=O)c2ccsc21. The predicted molar refractivity (Wildman–Crippen MR) is 51.4 cm³/mol. The summed E-state index contributed by atoms with van der Waals surface area (Å²) in [6.07, 6.45) is 0. The van der Waals surface area contributed by atoms with Gasteiger partial charge in [-0.2, -0.15) is 0 Å². The van der Waals surface area contributed by atoms with Crippen molar-refractivity contribution in [2.45, 2.75) is 19.3 Å². The summed E-state index contributed by atoms with van der Waals surface area (Å²) in [6, 6.07) is 1.99. The van der Waals surface area contributed by atoms with E-state index in [1.54, 1.807) is 11.3 Å². The van der Waals surface area contributed by atoms with Gasteiger partial charge in [0, 0.05) is 0 Å². The van der Waals surface area contributed by atoms with Crippen molar-refractivity contribution in [1.29, 1.82) is 0 Å². The van der Waals surface area contributed by atoms with Crippen LogP contribution in [0.1, 0.15) is 18.7 Å². The Kier molecular flexibility index (Phi) is 1.96. The molecule has 0 aliphatic carbocycles. The summed E-state index contributed by atoms with van der Waals surface area (Å²) in [5, 5.41) is 2.04. The zero-order valence-electron chi connectivity index (χ0n) is 7.09. The Morgan fingerprint density at radius 3 is 3.08 bits per heavy atom. The van der Waals surface area contributed by atoms with Gasteiger partial charge in [-0.1, -0.05) is 0 Å². The quantitative estimate of drug-likeness (QED) is 0.687. The van der Waals surface area contributed by atoms with E-state index in [1.165, 1.54) is 4.88 Å². The Labute approximate surface area is 80.3 Å². The van der Waals surface area contributed by atoms with E-state index in [2.05, 4.69) is 18.2 Å². The minimum absolute atomic E-state index is 0.161. The topological polar surface area (TPSA) is 29.1 Å². The molecular formula is C8H11NOSSe. The van der Waals surface area contributed by atoms with Crippen LogP contribution in [0.25, 0.3) is 0 Å². The molecule has 1 unspecified atom stereocenters. The van der Waals surface area contributed by atoms with Crippen LogP contribution < -0.4 is 8.79 Å². The molecule has 1 N–H and O–H groups in total. The normalized spacial score (nSPS) is 26.7. The summed E-state index contributed by atoms with van der Waals surface area (Å²) in [7, 11) is 0. The molecule has 2 nitrogen and oxygen atoms in total. The number of hydrogen-bond donors (Lipinski definition) is 1. The van der Waals surface area contributed by atoms with Gasteiger partial charge < -0.3 is 0 Å². The van der Waals surface area contributed by atoms with Crippen molar-refractivity contribution in [3.63, 3.8) is 0 Å². The van der Waals surface area contributed by atoms with E-state index in [0.717, 1.165) is 11.0 Å². The fourth-order valence-electron chi connectivity index (χ4n) is 1.34. The van der Waals surface area contributed by atoms with E-state index in [-0.39, 0.29) is 5.41 Å². The zero-order valence-corrected chi connectivity index (χ0v) is 9.62. The van der Waals surface area contributed by atoms with Crippen molar-refractivity contribution >= 4 is 29.8 Å². The van der Waals surface area contributed by atoms with Gasteiger partial charge in [0.05, 0.1) is 0 Å². The number of fused-ring (bicyclic) bond motifs is 1. The average Bonchev–Trinajstić information content (AvgIpc) is 2.46. The van der Waals surface area contributed by atoms with Gasteiger partial charge in [-0.25, -0.2) is 0 Å². The average molecular weight is 248 g/mol. The van der Waals surface area contributed by atoms with E-state index in [0.29, 0.717) is 0 Å². The molecule has 0 fully saturated rings. The van der Waals surface area contributed by atoms with Crippen LogP contribution in [0.3, 0.4) is 0 Å². The van der Waals surface area contributed by atoms with Crippen LogP contribution in [0.4, 0.5) is 0 Å². The first kappa shape index (κ1) is 8.57. The second-order valence-electron chi connectivity index (χ2n) is 3.59. The molecule has 1 aliphatic rings. The molecule has 0 radical (unpaired) electrons. The van der Waals surface area contributed by atoms with Gasteiger partial charge in [0.15, 0.2) is 0 Å². The Hall–Kier alpha value is -0.0205. The van der Waals surface area contributed by atoms with Gasteiger partial charge in [0.1, 0.15) is 0 Å². The van der Waals surface area contributed by atoms with Crippen LogP contribution in [-0.2, 0) is 9.25 Å². The molecule has 0 amide bonds. The molecular weight excluding hydrogens is 237 g/mol. The summed E-state index contributed by atoms with van der Waals surface area (Å²) < 4.78 is 15.7. The van der Waals surface area contributed by atoms with E-state index < -0.39 is 14.1 Å². The first-order valence-electron chi connectivity index (χ1n) is 3.84. The second-order valence-corrected chi connectivity index (χ2v) is 7.16. The standard InChI is InChI=1S/C8H11NOSSe/c1-8(2)5-9-12(10)6-3-4-11-7(6)8/h3-4,9H,5H2,1-2H3. The Morgan fingerprint density at radius 2 is 2.42 bits per heavy atom. The van der Waals surface area contributed by atoms with Crippen molar-refractivity contribution in [3.05, 3.63) is 16.3 Å². The van der Waals surface area contributed by atoms with Crippen molar-refractivity contribution in [3.8, 4) is 0 Å².